The van der Waals surface area contributed by atoms with E-state index in [4.69, 9.17) is 5.11 Å². The summed E-state index contributed by atoms with van der Waals surface area (Å²) in [7, 11) is 1.57. The molecule has 27 heavy (non-hydrogen) atoms. The van der Waals surface area contributed by atoms with E-state index in [2.05, 4.69) is 0 Å². The van der Waals surface area contributed by atoms with Crippen molar-refractivity contribution in [2.75, 3.05) is 20.1 Å². The van der Waals surface area contributed by atoms with Crippen LogP contribution in [0.4, 0.5) is 4.79 Å². The van der Waals surface area contributed by atoms with Crippen LogP contribution in [0.15, 0.2) is 60.7 Å². The molecule has 2 N–H and O–H groups in total. The Bertz CT molecular complexity index is 804. The number of piperidine rings is 1. The summed E-state index contributed by atoms with van der Waals surface area (Å²) in [6, 6.07) is 17.9. The molecule has 1 heterocycles. The fourth-order valence-electron chi connectivity index (χ4n) is 4.36. The first-order chi connectivity index (χ1) is 12.9. The van der Waals surface area contributed by atoms with E-state index >= 15 is 0 Å². The van der Waals surface area contributed by atoms with Crippen molar-refractivity contribution in [3.8, 4) is 0 Å². The van der Waals surface area contributed by atoms with Crippen molar-refractivity contribution in [1.82, 2.24) is 9.80 Å². The highest BCUT2D eigenvalue weighted by atomic mass is 16.4. The summed E-state index contributed by atoms with van der Waals surface area (Å²) in [5.41, 5.74) is -0.699. The van der Waals surface area contributed by atoms with Crippen LogP contribution in [0.5, 0.6) is 0 Å². The molecule has 2 amide bonds. The van der Waals surface area contributed by atoms with Crippen molar-refractivity contribution in [2.45, 2.75) is 11.6 Å². The van der Waals surface area contributed by atoms with Gasteiger partial charge in [-0.3, -0.25) is 4.79 Å². The van der Waals surface area contributed by atoms with Gasteiger partial charge >= 0.3 is 6.09 Å². The number of hydrogen-bond acceptors (Lipinski definition) is 3. The molecule has 4 rings (SSSR count). The lowest BCUT2D eigenvalue weighted by atomic mass is 9.85. The zero-order chi connectivity index (χ0) is 19.2. The lowest BCUT2D eigenvalue weighted by Gasteiger charge is -2.33. The van der Waals surface area contributed by atoms with Gasteiger partial charge in [-0.1, -0.05) is 60.7 Å². The second-order valence-electron chi connectivity index (χ2n) is 7.36. The average Bonchev–Trinajstić information content (AvgIpc) is 3.20. The first-order valence-electron chi connectivity index (χ1n) is 9.03. The highest BCUT2D eigenvalue weighted by Gasteiger charge is 2.61. The van der Waals surface area contributed by atoms with Gasteiger partial charge in [0.15, 0.2) is 5.60 Å². The number of amides is 2. The molecule has 2 fully saturated rings. The maximum absolute atomic E-state index is 13.4. The van der Waals surface area contributed by atoms with Crippen molar-refractivity contribution >= 4 is 12.0 Å². The largest absolute Gasteiger partial charge is 0.465 e. The third-order valence-corrected chi connectivity index (χ3v) is 5.88. The van der Waals surface area contributed by atoms with E-state index in [0.29, 0.717) is 24.2 Å². The minimum absolute atomic E-state index is 0.0342. The van der Waals surface area contributed by atoms with Gasteiger partial charge in [-0.15, -0.1) is 0 Å². The molecule has 0 spiro atoms. The fourth-order valence-corrected chi connectivity index (χ4v) is 4.36. The number of nitrogens with zero attached hydrogens (tertiary/aromatic N) is 2. The molecule has 2 aromatic rings. The molecule has 2 atom stereocenters. The zero-order valence-electron chi connectivity index (χ0n) is 15.0. The van der Waals surface area contributed by atoms with Gasteiger partial charge in [-0.2, -0.15) is 0 Å². The van der Waals surface area contributed by atoms with Crippen LogP contribution in [-0.4, -0.2) is 58.2 Å². The molecular formula is C21H22N2O4. The Balaban J connectivity index is 1.60. The number of rotatable bonds is 4. The Hall–Kier alpha value is -2.86. The van der Waals surface area contributed by atoms with E-state index in [1.807, 2.05) is 12.1 Å². The molecule has 2 aromatic carbocycles. The SMILES string of the molecule is CN(C(=O)O)C1C2CN(C(=O)C(O)(c3ccccc3)c3ccccc3)CC21. The number of benzene rings is 2. The highest BCUT2D eigenvalue weighted by molar-refractivity contribution is 5.90. The molecule has 0 radical (unpaired) electrons. The van der Waals surface area contributed by atoms with Crippen LogP contribution in [0, 0.1) is 11.8 Å². The van der Waals surface area contributed by atoms with Gasteiger partial charge in [-0.25, -0.2) is 4.79 Å². The number of likely N-dealkylation sites (tertiary alicyclic amines) is 1. The predicted molar refractivity (Wildman–Crippen MR) is 99.0 cm³/mol. The second-order valence-corrected chi connectivity index (χ2v) is 7.36. The summed E-state index contributed by atoms with van der Waals surface area (Å²) >= 11 is 0. The molecular weight excluding hydrogens is 344 g/mol. The first kappa shape index (κ1) is 17.5. The second kappa shape index (κ2) is 6.39. The van der Waals surface area contributed by atoms with E-state index in [0.717, 1.165) is 0 Å². The summed E-state index contributed by atoms with van der Waals surface area (Å²) < 4.78 is 0. The lowest BCUT2D eigenvalue weighted by molar-refractivity contribution is -0.147. The van der Waals surface area contributed by atoms with Gasteiger partial charge in [0, 0.05) is 38.0 Å². The topological polar surface area (TPSA) is 81.1 Å². The molecule has 2 aliphatic rings. The monoisotopic (exact) mass is 366 g/mol. The molecule has 1 aliphatic heterocycles. The average molecular weight is 366 g/mol. The number of aliphatic hydroxyl groups is 1. The number of carbonyl (C=O) groups excluding carboxylic acids is 1. The Morgan fingerprint density at radius 1 is 0.963 bits per heavy atom. The summed E-state index contributed by atoms with van der Waals surface area (Å²) in [4.78, 5) is 27.6. The van der Waals surface area contributed by atoms with E-state index in [1.54, 1.807) is 60.5 Å². The van der Waals surface area contributed by atoms with Crippen LogP contribution in [0.1, 0.15) is 11.1 Å². The van der Waals surface area contributed by atoms with E-state index in [1.165, 1.54) is 4.90 Å². The first-order valence-corrected chi connectivity index (χ1v) is 9.03. The summed E-state index contributed by atoms with van der Waals surface area (Å²) in [6.07, 6.45) is -0.947. The highest BCUT2D eigenvalue weighted by Crippen LogP contribution is 2.49. The third kappa shape index (κ3) is 2.77. The smallest absolute Gasteiger partial charge is 0.407 e. The van der Waals surface area contributed by atoms with E-state index < -0.39 is 11.7 Å². The zero-order valence-corrected chi connectivity index (χ0v) is 15.0. The molecule has 1 aliphatic carbocycles. The van der Waals surface area contributed by atoms with Crippen molar-refractivity contribution in [1.29, 1.82) is 0 Å². The molecule has 6 heteroatoms. The van der Waals surface area contributed by atoms with Crippen LogP contribution in [0.2, 0.25) is 0 Å². The van der Waals surface area contributed by atoms with Crippen molar-refractivity contribution < 1.29 is 19.8 Å². The fraction of sp³-hybridized carbons (Fsp3) is 0.333. The Morgan fingerprint density at radius 3 is 1.81 bits per heavy atom. The summed E-state index contributed by atoms with van der Waals surface area (Å²) in [6.45, 7) is 0.932. The summed E-state index contributed by atoms with van der Waals surface area (Å²) in [5.74, 6) is -0.0690. The Labute approximate surface area is 157 Å². The minimum Gasteiger partial charge on any atom is -0.465 e. The van der Waals surface area contributed by atoms with Gasteiger partial charge < -0.3 is 20.0 Å². The Kier molecular flexibility index (Phi) is 4.15. The van der Waals surface area contributed by atoms with Gasteiger partial charge in [0.25, 0.3) is 5.91 Å². The maximum Gasteiger partial charge on any atom is 0.407 e. The molecule has 140 valence electrons. The standard InChI is InChI=1S/C21H22N2O4/c1-22(20(25)26)18-16-12-23(13-17(16)18)19(24)21(27,14-8-4-2-5-9-14)15-10-6-3-7-11-15/h2-11,16-18,27H,12-13H2,1H3,(H,25,26). The molecule has 1 saturated carbocycles. The van der Waals surface area contributed by atoms with Gasteiger partial charge in [0.2, 0.25) is 0 Å². The third-order valence-electron chi connectivity index (χ3n) is 5.88. The minimum atomic E-state index is -1.76. The van der Waals surface area contributed by atoms with Crippen LogP contribution in [-0.2, 0) is 10.4 Å². The van der Waals surface area contributed by atoms with Crippen molar-refractivity contribution in [3.05, 3.63) is 71.8 Å². The number of carboxylic acid groups (broad SMARTS) is 1. The molecule has 6 nitrogen and oxygen atoms in total. The van der Waals surface area contributed by atoms with Crippen LogP contribution in [0.3, 0.4) is 0 Å². The molecule has 2 unspecified atom stereocenters. The maximum atomic E-state index is 13.4. The van der Waals surface area contributed by atoms with E-state index in [-0.39, 0.29) is 23.8 Å². The lowest BCUT2D eigenvalue weighted by Crippen LogP contribution is -2.49. The molecule has 1 saturated heterocycles. The van der Waals surface area contributed by atoms with Crippen LogP contribution in [0.25, 0.3) is 0 Å². The quantitative estimate of drug-likeness (QED) is 0.867. The van der Waals surface area contributed by atoms with Crippen LogP contribution >= 0.6 is 0 Å². The van der Waals surface area contributed by atoms with Crippen molar-refractivity contribution in [2.24, 2.45) is 11.8 Å². The molecule has 0 bridgehead atoms. The summed E-state index contributed by atoms with van der Waals surface area (Å²) in [5, 5.41) is 20.7. The number of carbonyl (C=O) groups is 2. The predicted octanol–water partition coefficient (Wildman–Crippen LogP) is 1.99. The van der Waals surface area contributed by atoms with E-state index in [9.17, 15) is 14.7 Å². The normalized spacial score (nSPS) is 23.6. The van der Waals surface area contributed by atoms with Gasteiger partial charge in [-0.05, 0) is 11.1 Å². The number of hydrogen-bond donors (Lipinski definition) is 2. The van der Waals surface area contributed by atoms with Gasteiger partial charge in [0.05, 0.1) is 0 Å². The Morgan fingerprint density at radius 2 is 1.41 bits per heavy atom. The number of fused-ring (bicyclic) bond motifs is 1. The molecule has 0 aromatic heterocycles. The van der Waals surface area contributed by atoms with Crippen molar-refractivity contribution in [3.63, 3.8) is 0 Å². The van der Waals surface area contributed by atoms with Crippen LogP contribution < -0.4 is 0 Å². The van der Waals surface area contributed by atoms with Gasteiger partial charge in [0.1, 0.15) is 0 Å².